The van der Waals surface area contributed by atoms with Crippen molar-refractivity contribution in [2.24, 2.45) is 0 Å². The van der Waals surface area contributed by atoms with Crippen LogP contribution in [0.5, 0.6) is 0 Å². The highest BCUT2D eigenvalue weighted by Crippen LogP contribution is 2.16. The highest BCUT2D eigenvalue weighted by molar-refractivity contribution is 7.13. The highest BCUT2D eigenvalue weighted by atomic mass is 32.1. The van der Waals surface area contributed by atoms with E-state index in [1.807, 2.05) is 0 Å². The van der Waals surface area contributed by atoms with Crippen LogP contribution in [0.2, 0.25) is 0 Å². The maximum atomic E-state index is 11.7. The lowest BCUT2D eigenvalue weighted by Crippen LogP contribution is -2.30. The zero-order valence-electron chi connectivity index (χ0n) is 10.3. The highest BCUT2D eigenvalue weighted by Gasteiger charge is 2.22. The molecule has 1 aliphatic heterocycles. The van der Waals surface area contributed by atoms with Gasteiger partial charge in [0.25, 0.3) is 0 Å². The Balaban J connectivity index is 1.81. The van der Waals surface area contributed by atoms with E-state index in [2.05, 4.69) is 17.2 Å². The summed E-state index contributed by atoms with van der Waals surface area (Å²) >= 11 is 1.38. The normalized spacial score (nSPS) is 18.7. The lowest BCUT2D eigenvalue weighted by molar-refractivity contribution is -0.119. The molecule has 98 valence electrons. The molecule has 0 spiro atoms. The standard InChI is InChI=1S/C12H16N2O3S/c1-2-3-11-13-6-9(18-11)12(16)17-7-8-4-5-10(15)14-8/h6,8H,2-5,7H2,1H3,(H,14,15)/t8-/m0/s1. The number of hydrogen-bond acceptors (Lipinski definition) is 5. The zero-order chi connectivity index (χ0) is 13.0. The molecule has 1 fully saturated rings. The smallest absolute Gasteiger partial charge is 0.350 e. The molecule has 0 bridgehead atoms. The van der Waals surface area contributed by atoms with Crippen LogP contribution in [0.15, 0.2) is 6.20 Å². The summed E-state index contributed by atoms with van der Waals surface area (Å²) in [7, 11) is 0. The second kappa shape index (κ2) is 5.95. The summed E-state index contributed by atoms with van der Waals surface area (Å²) in [6.07, 6.45) is 4.71. The third-order valence-corrected chi connectivity index (χ3v) is 3.76. The summed E-state index contributed by atoms with van der Waals surface area (Å²) in [4.78, 5) is 27.4. The molecular formula is C12H16N2O3S. The lowest BCUT2D eigenvalue weighted by atomic mass is 10.2. The molecule has 1 amide bonds. The molecule has 5 nitrogen and oxygen atoms in total. The van der Waals surface area contributed by atoms with Gasteiger partial charge in [0.15, 0.2) is 0 Å². The number of aryl methyl sites for hydroxylation is 1. The SMILES string of the molecule is CCCc1ncc(C(=O)OC[C@@H]2CCC(=O)N2)s1. The Kier molecular flexibility index (Phi) is 4.30. The molecular weight excluding hydrogens is 252 g/mol. The van der Waals surface area contributed by atoms with Crippen LogP contribution < -0.4 is 5.32 Å². The Labute approximate surface area is 110 Å². The molecule has 0 unspecified atom stereocenters. The van der Waals surface area contributed by atoms with E-state index in [0.717, 1.165) is 24.3 Å². The van der Waals surface area contributed by atoms with Gasteiger partial charge in [0.1, 0.15) is 11.5 Å². The van der Waals surface area contributed by atoms with Crippen molar-refractivity contribution in [3.8, 4) is 0 Å². The van der Waals surface area contributed by atoms with E-state index < -0.39 is 0 Å². The van der Waals surface area contributed by atoms with E-state index in [1.54, 1.807) is 6.20 Å². The Morgan fingerprint density at radius 1 is 1.67 bits per heavy atom. The molecule has 1 N–H and O–H groups in total. The molecule has 1 atom stereocenters. The number of aromatic nitrogens is 1. The van der Waals surface area contributed by atoms with Gasteiger partial charge >= 0.3 is 5.97 Å². The molecule has 0 saturated carbocycles. The third kappa shape index (κ3) is 3.29. The summed E-state index contributed by atoms with van der Waals surface area (Å²) < 4.78 is 5.17. The minimum Gasteiger partial charge on any atom is -0.459 e. The molecule has 1 aromatic heterocycles. The minimum atomic E-state index is -0.351. The van der Waals surface area contributed by atoms with Crippen molar-refractivity contribution >= 4 is 23.2 Å². The molecule has 18 heavy (non-hydrogen) atoms. The predicted octanol–water partition coefficient (Wildman–Crippen LogP) is 1.53. The van der Waals surface area contributed by atoms with E-state index in [-0.39, 0.29) is 24.5 Å². The first-order valence-electron chi connectivity index (χ1n) is 6.10. The lowest BCUT2D eigenvalue weighted by Gasteiger charge is -2.09. The first kappa shape index (κ1) is 13.0. The van der Waals surface area contributed by atoms with E-state index in [1.165, 1.54) is 11.3 Å². The Morgan fingerprint density at radius 2 is 2.50 bits per heavy atom. The van der Waals surface area contributed by atoms with Gasteiger partial charge in [-0.2, -0.15) is 0 Å². The summed E-state index contributed by atoms with van der Waals surface area (Å²) in [5.41, 5.74) is 0. The zero-order valence-corrected chi connectivity index (χ0v) is 11.1. The number of esters is 1. The quantitative estimate of drug-likeness (QED) is 0.822. The summed E-state index contributed by atoms with van der Waals surface area (Å²) in [5.74, 6) is -0.324. The van der Waals surface area contributed by atoms with Crippen LogP contribution in [0.3, 0.4) is 0 Å². The molecule has 0 radical (unpaired) electrons. The number of nitrogens with one attached hydrogen (secondary N) is 1. The number of thiazole rings is 1. The van der Waals surface area contributed by atoms with Gasteiger partial charge in [-0.15, -0.1) is 11.3 Å². The van der Waals surface area contributed by atoms with E-state index >= 15 is 0 Å². The van der Waals surface area contributed by atoms with Gasteiger partial charge in [0.2, 0.25) is 5.91 Å². The number of carbonyl (C=O) groups excluding carboxylic acids is 2. The van der Waals surface area contributed by atoms with Gasteiger partial charge in [0, 0.05) is 6.42 Å². The summed E-state index contributed by atoms with van der Waals surface area (Å²) in [5, 5.41) is 3.71. The van der Waals surface area contributed by atoms with Crippen molar-refractivity contribution < 1.29 is 14.3 Å². The molecule has 0 aromatic carbocycles. The van der Waals surface area contributed by atoms with E-state index in [4.69, 9.17) is 4.74 Å². The van der Waals surface area contributed by atoms with Crippen LogP contribution in [-0.2, 0) is 16.0 Å². The van der Waals surface area contributed by atoms with Crippen molar-refractivity contribution in [2.75, 3.05) is 6.61 Å². The molecule has 2 rings (SSSR count). The van der Waals surface area contributed by atoms with E-state index in [0.29, 0.717) is 11.3 Å². The van der Waals surface area contributed by atoms with Gasteiger partial charge in [-0.25, -0.2) is 9.78 Å². The van der Waals surface area contributed by atoms with Gasteiger partial charge < -0.3 is 10.1 Å². The number of ether oxygens (including phenoxy) is 1. The van der Waals surface area contributed by atoms with Gasteiger partial charge in [-0.05, 0) is 19.3 Å². The third-order valence-electron chi connectivity index (χ3n) is 2.72. The Bertz CT molecular complexity index is 444. The topological polar surface area (TPSA) is 68.3 Å². The molecule has 6 heteroatoms. The number of rotatable bonds is 5. The first-order valence-corrected chi connectivity index (χ1v) is 6.92. The maximum absolute atomic E-state index is 11.7. The second-order valence-electron chi connectivity index (χ2n) is 4.27. The van der Waals surface area contributed by atoms with Crippen molar-refractivity contribution in [1.29, 1.82) is 0 Å². The fourth-order valence-electron chi connectivity index (χ4n) is 1.78. The largest absolute Gasteiger partial charge is 0.459 e. The average Bonchev–Trinajstić information content (AvgIpc) is 2.96. The van der Waals surface area contributed by atoms with Crippen molar-refractivity contribution in [3.05, 3.63) is 16.1 Å². The monoisotopic (exact) mass is 268 g/mol. The first-order chi connectivity index (χ1) is 8.69. The number of carbonyl (C=O) groups is 2. The van der Waals surface area contributed by atoms with E-state index in [9.17, 15) is 9.59 Å². The second-order valence-corrected chi connectivity index (χ2v) is 5.39. The fraction of sp³-hybridized carbons (Fsp3) is 0.583. The summed E-state index contributed by atoms with van der Waals surface area (Å²) in [6.45, 7) is 2.31. The van der Waals surface area contributed by atoms with Crippen molar-refractivity contribution in [3.63, 3.8) is 0 Å². The van der Waals surface area contributed by atoms with Crippen LogP contribution >= 0.6 is 11.3 Å². The number of amides is 1. The van der Waals surface area contributed by atoms with Crippen LogP contribution in [0, 0.1) is 0 Å². The molecule has 1 aromatic rings. The van der Waals surface area contributed by atoms with Crippen LogP contribution in [0.25, 0.3) is 0 Å². The average molecular weight is 268 g/mol. The number of hydrogen-bond donors (Lipinski definition) is 1. The molecule has 2 heterocycles. The van der Waals surface area contributed by atoms with Crippen molar-refractivity contribution in [1.82, 2.24) is 10.3 Å². The van der Waals surface area contributed by atoms with Crippen LogP contribution in [0.1, 0.15) is 40.9 Å². The predicted molar refractivity (Wildman–Crippen MR) is 67.6 cm³/mol. The Hall–Kier alpha value is -1.43. The maximum Gasteiger partial charge on any atom is 0.350 e. The summed E-state index contributed by atoms with van der Waals surface area (Å²) in [6, 6.07) is -0.0375. The van der Waals surface area contributed by atoms with Crippen molar-refractivity contribution in [2.45, 2.75) is 38.6 Å². The molecule has 0 aliphatic carbocycles. The van der Waals surface area contributed by atoms with Crippen LogP contribution in [-0.4, -0.2) is 29.5 Å². The Morgan fingerprint density at radius 3 is 3.17 bits per heavy atom. The van der Waals surface area contributed by atoms with Gasteiger partial charge in [-0.1, -0.05) is 6.92 Å². The minimum absolute atomic E-state index is 0.0269. The molecule has 1 aliphatic rings. The van der Waals surface area contributed by atoms with Gasteiger partial charge in [0.05, 0.1) is 17.2 Å². The fourth-order valence-corrected chi connectivity index (χ4v) is 2.70. The number of nitrogens with zero attached hydrogens (tertiary/aromatic N) is 1. The van der Waals surface area contributed by atoms with Gasteiger partial charge in [-0.3, -0.25) is 4.79 Å². The molecule has 1 saturated heterocycles. The van der Waals surface area contributed by atoms with Crippen LogP contribution in [0.4, 0.5) is 0 Å².